The molecule has 0 saturated heterocycles. The van der Waals surface area contributed by atoms with Crippen LogP contribution >= 0.6 is 11.6 Å². The van der Waals surface area contributed by atoms with Gasteiger partial charge in [-0.15, -0.1) is 0 Å². The number of benzene rings is 2. The van der Waals surface area contributed by atoms with E-state index in [1.54, 1.807) is 6.07 Å². The molecule has 0 aliphatic heterocycles. The van der Waals surface area contributed by atoms with Gasteiger partial charge in [0.1, 0.15) is 5.82 Å². The van der Waals surface area contributed by atoms with Gasteiger partial charge in [-0.2, -0.15) is 0 Å². The minimum Gasteiger partial charge on any atom is -0.348 e. The molecule has 0 bridgehead atoms. The van der Waals surface area contributed by atoms with Crippen molar-refractivity contribution in [1.29, 1.82) is 0 Å². The molecule has 152 valence electrons. The number of nitrogens with one attached hydrogen (secondary N) is 2. The van der Waals surface area contributed by atoms with Crippen LogP contribution in [-0.2, 0) is 11.3 Å². The number of aromatic nitrogens is 2. The van der Waals surface area contributed by atoms with Gasteiger partial charge in [-0.25, -0.2) is 4.98 Å². The van der Waals surface area contributed by atoms with Crippen LogP contribution in [0.1, 0.15) is 38.2 Å². The fraction of sp³-hybridized carbons (Fsp3) is 0.318. The number of H-pyrrole nitrogens is 1. The molecular weight excluding hydrogens is 388 g/mol. The normalized spacial score (nSPS) is 13.4. The van der Waals surface area contributed by atoms with Crippen LogP contribution < -0.4 is 10.9 Å². The molecule has 0 aliphatic rings. The fourth-order valence-corrected chi connectivity index (χ4v) is 3.39. The van der Waals surface area contributed by atoms with Gasteiger partial charge in [-0.3, -0.25) is 14.5 Å². The Morgan fingerprint density at radius 2 is 1.86 bits per heavy atom. The molecule has 0 aliphatic carbocycles. The summed E-state index contributed by atoms with van der Waals surface area (Å²) in [6.07, 6.45) is 0. The van der Waals surface area contributed by atoms with Crippen LogP contribution in [0.15, 0.2) is 53.3 Å². The predicted octanol–water partition coefficient (Wildman–Crippen LogP) is 3.66. The van der Waals surface area contributed by atoms with Gasteiger partial charge in [0.25, 0.3) is 5.56 Å². The molecule has 1 aromatic heterocycles. The Labute approximate surface area is 174 Å². The Hall–Kier alpha value is -2.70. The minimum atomic E-state index is -0.383. The van der Waals surface area contributed by atoms with Gasteiger partial charge in [0.05, 0.1) is 29.5 Å². The number of hydrogen-bond donors (Lipinski definition) is 2. The Morgan fingerprint density at radius 1 is 1.17 bits per heavy atom. The molecule has 0 spiro atoms. The van der Waals surface area contributed by atoms with E-state index in [9.17, 15) is 9.59 Å². The third kappa shape index (κ3) is 5.02. The van der Waals surface area contributed by atoms with Gasteiger partial charge in [-0.05, 0) is 50.2 Å². The number of amides is 1. The lowest BCUT2D eigenvalue weighted by molar-refractivity contribution is -0.126. The van der Waals surface area contributed by atoms with Crippen molar-refractivity contribution < 1.29 is 4.79 Å². The van der Waals surface area contributed by atoms with E-state index in [0.29, 0.717) is 34.8 Å². The third-order valence-electron chi connectivity index (χ3n) is 5.08. The van der Waals surface area contributed by atoms with Crippen molar-refractivity contribution in [3.05, 3.63) is 75.3 Å². The highest BCUT2D eigenvalue weighted by molar-refractivity contribution is 6.30. The predicted molar refractivity (Wildman–Crippen MR) is 116 cm³/mol. The van der Waals surface area contributed by atoms with Gasteiger partial charge < -0.3 is 10.3 Å². The molecule has 1 heterocycles. The molecule has 2 N–H and O–H groups in total. The van der Waals surface area contributed by atoms with E-state index in [1.807, 2.05) is 68.1 Å². The lowest BCUT2D eigenvalue weighted by atomic mass is 10.1. The maximum absolute atomic E-state index is 12.8. The molecule has 0 radical (unpaired) electrons. The first-order chi connectivity index (χ1) is 13.9. The second kappa shape index (κ2) is 9.20. The van der Waals surface area contributed by atoms with E-state index in [1.165, 1.54) is 0 Å². The van der Waals surface area contributed by atoms with Crippen molar-refractivity contribution in [3.8, 4) is 0 Å². The smallest absolute Gasteiger partial charge is 0.258 e. The zero-order chi connectivity index (χ0) is 21.0. The number of rotatable bonds is 7. The molecule has 0 saturated carbocycles. The summed E-state index contributed by atoms with van der Waals surface area (Å²) in [5, 5.41) is 4.26. The lowest BCUT2D eigenvalue weighted by Crippen LogP contribution is -2.45. The monoisotopic (exact) mass is 412 g/mol. The van der Waals surface area contributed by atoms with Gasteiger partial charge in [0.2, 0.25) is 5.91 Å². The molecule has 0 fully saturated rings. The van der Waals surface area contributed by atoms with E-state index in [0.717, 1.165) is 5.56 Å². The van der Waals surface area contributed by atoms with Crippen LogP contribution in [0.3, 0.4) is 0 Å². The van der Waals surface area contributed by atoms with Crippen LogP contribution in [-0.4, -0.2) is 33.4 Å². The Bertz CT molecular complexity index is 1050. The van der Waals surface area contributed by atoms with Crippen molar-refractivity contribution in [3.63, 3.8) is 0 Å². The molecule has 2 unspecified atom stereocenters. The fourth-order valence-electron chi connectivity index (χ4n) is 3.26. The lowest BCUT2D eigenvalue weighted by Gasteiger charge is -2.27. The van der Waals surface area contributed by atoms with Gasteiger partial charge in [0, 0.05) is 5.02 Å². The van der Waals surface area contributed by atoms with Crippen LogP contribution in [0, 0.1) is 0 Å². The van der Waals surface area contributed by atoms with Crippen LogP contribution in [0.5, 0.6) is 0 Å². The number of aromatic amines is 1. The maximum atomic E-state index is 12.8. The Balaban J connectivity index is 1.71. The summed E-state index contributed by atoms with van der Waals surface area (Å²) in [4.78, 5) is 34.4. The summed E-state index contributed by atoms with van der Waals surface area (Å²) in [5.41, 5.74) is 1.46. The average molecular weight is 413 g/mol. The van der Waals surface area contributed by atoms with Crippen LogP contribution in [0.2, 0.25) is 5.02 Å². The quantitative estimate of drug-likeness (QED) is 0.620. The van der Waals surface area contributed by atoms with E-state index in [2.05, 4.69) is 15.3 Å². The van der Waals surface area contributed by atoms with Crippen molar-refractivity contribution in [2.45, 2.75) is 39.4 Å². The standard InChI is InChI=1S/C22H25ClN4O2/c1-4-27(13-20-25-19-8-6-5-7-18(19)22(29)26-20)15(3)21(28)24-14(2)16-9-11-17(23)12-10-16/h5-12,14-15H,4,13H2,1-3H3,(H,24,28)(H,25,26,29). The average Bonchev–Trinajstić information content (AvgIpc) is 2.72. The first kappa shape index (κ1) is 21.0. The van der Waals surface area contributed by atoms with Gasteiger partial charge >= 0.3 is 0 Å². The number of fused-ring (bicyclic) bond motifs is 1. The van der Waals surface area contributed by atoms with Gasteiger partial charge in [-0.1, -0.05) is 42.8 Å². The largest absolute Gasteiger partial charge is 0.348 e. The summed E-state index contributed by atoms with van der Waals surface area (Å²) in [5.74, 6) is 0.457. The van der Waals surface area contributed by atoms with E-state index in [4.69, 9.17) is 11.6 Å². The molecule has 3 rings (SSSR count). The SMILES string of the molecule is CCN(Cc1nc2ccccc2c(=O)[nH]1)C(C)C(=O)NC(C)c1ccc(Cl)cc1. The van der Waals surface area contributed by atoms with Crippen molar-refractivity contribution in [1.82, 2.24) is 20.2 Å². The highest BCUT2D eigenvalue weighted by Gasteiger charge is 2.23. The summed E-state index contributed by atoms with van der Waals surface area (Å²) in [7, 11) is 0. The number of halogens is 1. The molecule has 2 aromatic carbocycles. The van der Waals surface area contributed by atoms with Crippen molar-refractivity contribution in [2.24, 2.45) is 0 Å². The van der Waals surface area contributed by atoms with Crippen molar-refractivity contribution in [2.75, 3.05) is 6.54 Å². The minimum absolute atomic E-state index is 0.0857. The van der Waals surface area contributed by atoms with Crippen LogP contribution in [0.25, 0.3) is 10.9 Å². The summed E-state index contributed by atoms with van der Waals surface area (Å²) >= 11 is 5.93. The first-order valence-corrected chi connectivity index (χ1v) is 10.0. The summed E-state index contributed by atoms with van der Waals surface area (Å²) in [6, 6.07) is 14.1. The maximum Gasteiger partial charge on any atom is 0.258 e. The zero-order valence-corrected chi connectivity index (χ0v) is 17.5. The van der Waals surface area contributed by atoms with Crippen molar-refractivity contribution >= 4 is 28.4 Å². The summed E-state index contributed by atoms with van der Waals surface area (Å²) in [6.45, 7) is 6.78. The molecular formula is C22H25ClN4O2. The molecule has 6 nitrogen and oxygen atoms in total. The summed E-state index contributed by atoms with van der Waals surface area (Å²) < 4.78 is 0. The van der Waals surface area contributed by atoms with Gasteiger partial charge in [0.15, 0.2) is 0 Å². The Morgan fingerprint density at radius 3 is 2.55 bits per heavy atom. The van der Waals surface area contributed by atoms with E-state index >= 15 is 0 Å². The third-order valence-corrected chi connectivity index (χ3v) is 5.33. The molecule has 29 heavy (non-hydrogen) atoms. The highest BCUT2D eigenvalue weighted by Crippen LogP contribution is 2.17. The number of para-hydroxylation sites is 1. The number of carbonyl (C=O) groups is 1. The number of nitrogens with zero attached hydrogens (tertiary/aromatic N) is 2. The molecule has 2 atom stereocenters. The topological polar surface area (TPSA) is 78.1 Å². The van der Waals surface area contributed by atoms with E-state index < -0.39 is 0 Å². The molecule has 3 aromatic rings. The Kier molecular flexibility index (Phi) is 6.67. The number of carbonyl (C=O) groups excluding carboxylic acids is 1. The van der Waals surface area contributed by atoms with E-state index in [-0.39, 0.29) is 23.6 Å². The molecule has 1 amide bonds. The zero-order valence-electron chi connectivity index (χ0n) is 16.8. The second-order valence-corrected chi connectivity index (χ2v) is 7.49. The first-order valence-electron chi connectivity index (χ1n) is 9.67. The number of likely N-dealkylation sites (N-methyl/N-ethyl adjacent to an activating group) is 1. The highest BCUT2D eigenvalue weighted by atomic mass is 35.5. The number of hydrogen-bond acceptors (Lipinski definition) is 4. The second-order valence-electron chi connectivity index (χ2n) is 7.05. The van der Waals surface area contributed by atoms with Crippen LogP contribution in [0.4, 0.5) is 0 Å². The molecule has 7 heteroatoms.